The average Bonchev–Trinajstić information content (AvgIpc) is 3.59. The van der Waals surface area contributed by atoms with Gasteiger partial charge in [-0.15, -0.1) is 0 Å². The van der Waals surface area contributed by atoms with Crippen LogP contribution in [0.1, 0.15) is 0 Å². The van der Waals surface area contributed by atoms with Crippen LogP contribution in [0.25, 0.3) is 98.7 Å². The fraction of sp³-hybridized carbons (Fsp3) is 0. The van der Waals surface area contributed by atoms with Crippen LogP contribution in [0.3, 0.4) is 0 Å². The Morgan fingerprint density at radius 1 is 0.362 bits per heavy atom. The summed E-state index contributed by atoms with van der Waals surface area (Å²) in [5.41, 5.74) is 7.47. The second kappa shape index (κ2) is 10.1. The van der Waals surface area contributed by atoms with Crippen LogP contribution in [0.15, 0.2) is 168 Å². The summed E-state index contributed by atoms with van der Waals surface area (Å²) in [6, 6.07) is 58.8. The molecule has 2 nitrogen and oxygen atoms in total. The fourth-order valence-electron chi connectivity index (χ4n) is 7.37. The van der Waals surface area contributed by atoms with Gasteiger partial charge in [-0.1, -0.05) is 127 Å². The lowest BCUT2D eigenvalue weighted by Crippen LogP contribution is -1.87. The lowest BCUT2D eigenvalue weighted by atomic mass is 9.89. The zero-order valence-electron chi connectivity index (χ0n) is 25.4. The summed E-state index contributed by atoms with van der Waals surface area (Å²) in [7, 11) is 0. The minimum Gasteiger partial charge on any atom is -0.435 e. The van der Waals surface area contributed by atoms with Gasteiger partial charge in [0.25, 0.3) is 0 Å². The zero-order valence-corrected chi connectivity index (χ0v) is 25.4. The van der Waals surface area contributed by atoms with Crippen molar-refractivity contribution in [1.82, 2.24) is 4.98 Å². The van der Waals surface area contributed by atoms with Crippen molar-refractivity contribution in [3.63, 3.8) is 0 Å². The highest BCUT2D eigenvalue weighted by Crippen LogP contribution is 2.40. The van der Waals surface area contributed by atoms with Gasteiger partial charge in [0.05, 0.1) is 0 Å². The third kappa shape index (κ3) is 4.09. The normalized spacial score (nSPS) is 11.8. The number of rotatable bonds is 3. The predicted octanol–water partition coefficient (Wildman–Crippen LogP) is 12.6. The molecule has 10 rings (SSSR count). The molecule has 47 heavy (non-hydrogen) atoms. The number of nitrogens with zero attached hydrogens (tertiary/aromatic N) is 1. The van der Waals surface area contributed by atoms with Crippen molar-refractivity contribution in [1.29, 1.82) is 0 Å². The van der Waals surface area contributed by atoms with Crippen molar-refractivity contribution in [2.24, 2.45) is 0 Å². The molecule has 0 spiro atoms. The number of benzene rings is 9. The molecule has 0 aliphatic heterocycles. The summed E-state index contributed by atoms with van der Waals surface area (Å²) < 4.78 is 6.49. The van der Waals surface area contributed by atoms with E-state index in [1.165, 1.54) is 60.0 Å². The summed E-state index contributed by atoms with van der Waals surface area (Å²) >= 11 is 0. The minimum absolute atomic E-state index is 0.643. The molecule has 0 bridgehead atoms. The summed E-state index contributed by atoms with van der Waals surface area (Å²) in [6.07, 6.45) is 0. The average molecular weight is 598 g/mol. The smallest absolute Gasteiger partial charge is 0.227 e. The largest absolute Gasteiger partial charge is 0.435 e. The molecule has 218 valence electrons. The number of hydrogen-bond donors (Lipinski definition) is 0. The van der Waals surface area contributed by atoms with E-state index in [4.69, 9.17) is 9.40 Å². The molecule has 0 saturated heterocycles. The van der Waals surface area contributed by atoms with Gasteiger partial charge in [-0.25, -0.2) is 4.98 Å². The molecular weight excluding hydrogens is 571 g/mol. The third-order valence-corrected chi connectivity index (χ3v) is 9.65. The van der Waals surface area contributed by atoms with Crippen LogP contribution in [0, 0.1) is 0 Å². The number of oxazole rings is 1. The Hall–Kier alpha value is -6.25. The maximum Gasteiger partial charge on any atom is 0.227 e. The first-order valence-corrected chi connectivity index (χ1v) is 16.0. The molecule has 0 amide bonds. The topological polar surface area (TPSA) is 26.0 Å². The lowest BCUT2D eigenvalue weighted by Gasteiger charge is -2.14. The Balaban J connectivity index is 1.17. The van der Waals surface area contributed by atoms with Gasteiger partial charge in [-0.2, -0.15) is 0 Å². The van der Waals surface area contributed by atoms with Crippen molar-refractivity contribution in [2.45, 2.75) is 0 Å². The first-order chi connectivity index (χ1) is 23.3. The van der Waals surface area contributed by atoms with Crippen molar-refractivity contribution < 1.29 is 4.42 Å². The maximum absolute atomic E-state index is 6.49. The van der Waals surface area contributed by atoms with E-state index < -0.39 is 0 Å². The van der Waals surface area contributed by atoms with Crippen LogP contribution in [-0.2, 0) is 0 Å². The van der Waals surface area contributed by atoms with Gasteiger partial charge < -0.3 is 4.42 Å². The number of aromatic nitrogens is 1. The standard InChI is InChI=1S/C45H27NO/c1-2-10-31(11-3-1)45-46-42-24-22-30-19-17-29-18-20-33(26-40(29)43(30)44(42)47-45)32-12-8-13-34(25-32)39-27-41-35-14-5-4-9-28(35)21-23-38(41)36-15-6-7-16-37(36)39/h1-27H. The van der Waals surface area contributed by atoms with Gasteiger partial charge in [0.15, 0.2) is 5.58 Å². The van der Waals surface area contributed by atoms with E-state index in [1.54, 1.807) is 0 Å². The Kier molecular flexibility index (Phi) is 5.61. The molecule has 10 aromatic rings. The van der Waals surface area contributed by atoms with Crippen molar-refractivity contribution in [3.05, 3.63) is 164 Å². The second-order valence-electron chi connectivity index (χ2n) is 12.3. The SMILES string of the molecule is c1ccc(-c2nc3ccc4ccc5ccc(-c6cccc(-c7cc8c9ccccc9ccc8c8ccccc78)c6)cc5c4c3o2)cc1. The van der Waals surface area contributed by atoms with Crippen LogP contribution >= 0.6 is 0 Å². The van der Waals surface area contributed by atoms with Gasteiger partial charge in [-0.05, 0) is 107 Å². The van der Waals surface area contributed by atoms with Crippen molar-refractivity contribution >= 4 is 65.0 Å². The molecule has 2 heteroatoms. The Bertz CT molecular complexity index is 2840. The summed E-state index contributed by atoms with van der Waals surface area (Å²) in [5.74, 6) is 0.643. The highest BCUT2D eigenvalue weighted by atomic mass is 16.3. The highest BCUT2D eigenvalue weighted by molar-refractivity contribution is 6.21. The minimum atomic E-state index is 0.643. The van der Waals surface area contributed by atoms with Crippen LogP contribution in [0.5, 0.6) is 0 Å². The molecule has 9 aromatic carbocycles. The van der Waals surface area contributed by atoms with E-state index in [9.17, 15) is 0 Å². The maximum atomic E-state index is 6.49. The molecule has 0 aliphatic carbocycles. The van der Waals surface area contributed by atoms with Gasteiger partial charge in [0, 0.05) is 10.9 Å². The van der Waals surface area contributed by atoms with Crippen LogP contribution in [0.4, 0.5) is 0 Å². The third-order valence-electron chi connectivity index (χ3n) is 9.65. The van der Waals surface area contributed by atoms with Crippen LogP contribution in [-0.4, -0.2) is 4.98 Å². The molecule has 1 aromatic heterocycles. The summed E-state index contributed by atoms with van der Waals surface area (Å²) in [5, 5.41) is 12.2. The lowest BCUT2D eigenvalue weighted by molar-refractivity contribution is 0.623. The van der Waals surface area contributed by atoms with Gasteiger partial charge in [-0.3, -0.25) is 0 Å². The van der Waals surface area contributed by atoms with Crippen molar-refractivity contribution in [3.8, 4) is 33.7 Å². The molecule has 1 heterocycles. The number of fused-ring (bicyclic) bond motifs is 10. The Morgan fingerprint density at radius 2 is 1.00 bits per heavy atom. The molecule has 0 unspecified atom stereocenters. The molecule has 0 saturated carbocycles. The predicted molar refractivity (Wildman–Crippen MR) is 198 cm³/mol. The van der Waals surface area contributed by atoms with E-state index in [-0.39, 0.29) is 0 Å². The summed E-state index contributed by atoms with van der Waals surface area (Å²) in [6.45, 7) is 0. The molecule has 0 atom stereocenters. The Labute approximate surface area is 271 Å². The van der Waals surface area contributed by atoms with E-state index in [0.717, 1.165) is 32.8 Å². The van der Waals surface area contributed by atoms with Gasteiger partial charge >= 0.3 is 0 Å². The van der Waals surface area contributed by atoms with E-state index in [0.29, 0.717) is 5.89 Å². The second-order valence-corrected chi connectivity index (χ2v) is 12.3. The van der Waals surface area contributed by atoms with Crippen molar-refractivity contribution in [2.75, 3.05) is 0 Å². The number of hydrogen-bond acceptors (Lipinski definition) is 2. The molecule has 0 fully saturated rings. The molecule has 0 N–H and O–H groups in total. The van der Waals surface area contributed by atoms with Gasteiger partial charge in [0.1, 0.15) is 5.52 Å². The first-order valence-electron chi connectivity index (χ1n) is 16.0. The van der Waals surface area contributed by atoms with E-state index >= 15 is 0 Å². The zero-order chi connectivity index (χ0) is 30.9. The van der Waals surface area contributed by atoms with Crippen LogP contribution in [0.2, 0.25) is 0 Å². The summed E-state index contributed by atoms with van der Waals surface area (Å²) in [4.78, 5) is 4.86. The molecule has 0 radical (unpaired) electrons. The molecule has 0 aliphatic rings. The fourth-order valence-corrected chi connectivity index (χ4v) is 7.37. The first kappa shape index (κ1) is 26.0. The Morgan fingerprint density at radius 3 is 1.91 bits per heavy atom. The molecular formula is C45H27NO. The highest BCUT2D eigenvalue weighted by Gasteiger charge is 2.15. The quantitative estimate of drug-likeness (QED) is 0.189. The van der Waals surface area contributed by atoms with Crippen LogP contribution < -0.4 is 0 Å². The monoisotopic (exact) mass is 597 g/mol. The van der Waals surface area contributed by atoms with Gasteiger partial charge in [0.2, 0.25) is 5.89 Å². The van der Waals surface area contributed by atoms with E-state index in [2.05, 4.69) is 133 Å². The van der Waals surface area contributed by atoms with E-state index in [1.807, 2.05) is 30.3 Å².